The van der Waals surface area contributed by atoms with Crippen LogP contribution in [0, 0.1) is 5.92 Å². The third-order valence-corrected chi connectivity index (χ3v) is 6.56. The Bertz CT molecular complexity index is 982. The second kappa shape index (κ2) is 11.1. The lowest BCUT2D eigenvalue weighted by Crippen LogP contribution is -2.53. The summed E-state index contributed by atoms with van der Waals surface area (Å²) in [6.45, 7) is 11.4. The summed E-state index contributed by atoms with van der Waals surface area (Å²) in [4.78, 5) is 31.3. The number of ether oxygens (including phenoxy) is 2. The van der Waals surface area contributed by atoms with E-state index in [0.717, 1.165) is 12.0 Å². The van der Waals surface area contributed by atoms with Crippen molar-refractivity contribution in [3.63, 3.8) is 0 Å². The van der Waals surface area contributed by atoms with E-state index in [0.29, 0.717) is 31.2 Å². The average molecular weight is 488 g/mol. The van der Waals surface area contributed by atoms with Crippen molar-refractivity contribution in [2.24, 2.45) is 5.92 Å². The van der Waals surface area contributed by atoms with Crippen molar-refractivity contribution >= 4 is 23.3 Å². The fourth-order valence-electron chi connectivity index (χ4n) is 4.10. The molecule has 1 aromatic carbocycles. The minimum absolute atomic E-state index is 0.0325. The number of carbonyl (C=O) groups excluding carboxylic acids is 2. The number of urea groups is 1. The van der Waals surface area contributed by atoms with Crippen molar-refractivity contribution in [3.8, 4) is 11.5 Å². The van der Waals surface area contributed by atoms with E-state index < -0.39 is 0 Å². The Kier molecular flexibility index (Phi) is 8.47. The van der Waals surface area contributed by atoms with Crippen LogP contribution in [0.15, 0.2) is 35.7 Å². The molecule has 0 spiro atoms. The van der Waals surface area contributed by atoms with Gasteiger partial charge in [-0.2, -0.15) is 0 Å². The van der Waals surface area contributed by atoms with Gasteiger partial charge in [0.05, 0.1) is 13.2 Å². The molecule has 8 heteroatoms. The molecule has 1 aromatic heterocycles. The van der Waals surface area contributed by atoms with E-state index in [1.165, 1.54) is 4.88 Å². The molecule has 1 N–H and O–H groups in total. The second-order valence-electron chi connectivity index (χ2n) is 10.1. The van der Waals surface area contributed by atoms with E-state index in [-0.39, 0.29) is 36.0 Å². The molecule has 1 aliphatic rings. The van der Waals surface area contributed by atoms with Crippen molar-refractivity contribution in [1.29, 1.82) is 0 Å². The van der Waals surface area contributed by atoms with Gasteiger partial charge in [-0.25, -0.2) is 4.79 Å². The molecule has 0 fully saturated rings. The highest BCUT2D eigenvalue weighted by molar-refractivity contribution is 7.10. The molecule has 0 radical (unpaired) electrons. The lowest BCUT2D eigenvalue weighted by atomic mass is 10.0. The number of nitrogens with zero attached hydrogens (tertiary/aromatic N) is 2. The largest absolute Gasteiger partial charge is 0.493 e. The molecule has 3 amide bonds. The van der Waals surface area contributed by atoms with Gasteiger partial charge in [0.25, 0.3) is 0 Å². The summed E-state index contributed by atoms with van der Waals surface area (Å²) in [5, 5.41) is 5.06. The highest BCUT2D eigenvalue weighted by Gasteiger charge is 2.34. The molecular formula is C26H37N3O4S. The first-order valence-corrected chi connectivity index (χ1v) is 12.7. The van der Waals surface area contributed by atoms with Gasteiger partial charge in [0.2, 0.25) is 5.91 Å². The van der Waals surface area contributed by atoms with E-state index in [9.17, 15) is 9.59 Å². The molecular weight excluding hydrogens is 450 g/mol. The van der Waals surface area contributed by atoms with Gasteiger partial charge in [-0.15, -0.1) is 11.3 Å². The minimum Gasteiger partial charge on any atom is -0.493 e. The molecule has 34 heavy (non-hydrogen) atoms. The van der Waals surface area contributed by atoms with Crippen LogP contribution in [0.25, 0.3) is 0 Å². The Morgan fingerprint density at radius 2 is 1.91 bits per heavy atom. The quantitative estimate of drug-likeness (QED) is 0.585. The van der Waals surface area contributed by atoms with Gasteiger partial charge < -0.3 is 24.6 Å². The van der Waals surface area contributed by atoms with E-state index in [1.807, 2.05) is 63.8 Å². The zero-order chi connectivity index (χ0) is 24.9. The van der Waals surface area contributed by atoms with Gasteiger partial charge in [0, 0.05) is 23.5 Å². The molecule has 7 nitrogen and oxygen atoms in total. The summed E-state index contributed by atoms with van der Waals surface area (Å²) in [6.07, 6.45) is 0.808. The Morgan fingerprint density at radius 3 is 2.56 bits per heavy atom. The van der Waals surface area contributed by atoms with Crippen molar-refractivity contribution in [2.45, 2.75) is 52.6 Å². The summed E-state index contributed by atoms with van der Waals surface area (Å²) in [7, 11) is 1.61. The number of fused-ring (bicyclic) bond motifs is 1. The molecule has 0 saturated heterocycles. The monoisotopic (exact) mass is 487 g/mol. The number of hydrogen-bond acceptors (Lipinski definition) is 5. The molecule has 0 aliphatic carbocycles. The fraction of sp³-hybridized carbons (Fsp3) is 0.538. The van der Waals surface area contributed by atoms with Crippen LogP contribution < -0.4 is 14.8 Å². The SMILES string of the molecule is COc1ccccc1OC[C@H]1c2ccsc2CCN1C(=O)CN(CC(C)C)C(=O)NC(C)(C)C. The highest BCUT2D eigenvalue weighted by Crippen LogP contribution is 2.35. The van der Waals surface area contributed by atoms with E-state index >= 15 is 0 Å². The molecule has 186 valence electrons. The van der Waals surface area contributed by atoms with Crippen molar-refractivity contribution in [2.75, 3.05) is 33.4 Å². The summed E-state index contributed by atoms with van der Waals surface area (Å²) in [5.74, 6) is 1.47. The number of para-hydroxylation sites is 2. The maximum absolute atomic E-state index is 13.6. The summed E-state index contributed by atoms with van der Waals surface area (Å²) in [5.41, 5.74) is 0.742. The Labute approximate surface area is 207 Å². The first-order chi connectivity index (χ1) is 16.1. The van der Waals surface area contributed by atoms with Crippen LogP contribution in [0.5, 0.6) is 11.5 Å². The number of thiophene rings is 1. The molecule has 2 heterocycles. The van der Waals surface area contributed by atoms with E-state index in [2.05, 4.69) is 16.8 Å². The lowest BCUT2D eigenvalue weighted by molar-refractivity contribution is -0.135. The Balaban J connectivity index is 1.79. The van der Waals surface area contributed by atoms with Gasteiger partial charge >= 0.3 is 6.03 Å². The van der Waals surface area contributed by atoms with Crippen LogP contribution in [0.2, 0.25) is 0 Å². The number of nitrogens with one attached hydrogen (secondary N) is 1. The third-order valence-electron chi connectivity index (χ3n) is 5.56. The number of carbonyl (C=O) groups is 2. The molecule has 1 aliphatic heterocycles. The number of rotatable bonds is 8. The van der Waals surface area contributed by atoms with E-state index in [1.54, 1.807) is 23.3 Å². The van der Waals surface area contributed by atoms with Crippen LogP contribution in [0.3, 0.4) is 0 Å². The average Bonchev–Trinajstić information content (AvgIpc) is 3.24. The molecule has 0 bridgehead atoms. The van der Waals surface area contributed by atoms with E-state index in [4.69, 9.17) is 9.47 Å². The fourth-order valence-corrected chi connectivity index (χ4v) is 5.02. The molecule has 0 saturated carbocycles. The summed E-state index contributed by atoms with van der Waals surface area (Å²) < 4.78 is 11.6. The number of benzene rings is 1. The maximum Gasteiger partial charge on any atom is 0.318 e. The van der Waals surface area contributed by atoms with Crippen molar-refractivity contribution in [3.05, 3.63) is 46.2 Å². The van der Waals surface area contributed by atoms with Gasteiger partial charge in [-0.3, -0.25) is 4.79 Å². The smallest absolute Gasteiger partial charge is 0.318 e. The Hall–Kier alpha value is -2.74. The highest BCUT2D eigenvalue weighted by atomic mass is 32.1. The molecule has 1 atom stereocenters. The Morgan fingerprint density at radius 1 is 1.21 bits per heavy atom. The van der Waals surface area contributed by atoms with Crippen molar-refractivity contribution < 1.29 is 19.1 Å². The number of methoxy groups -OCH3 is 1. The van der Waals surface area contributed by atoms with Gasteiger partial charge in [-0.05, 0) is 62.3 Å². The first-order valence-electron chi connectivity index (χ1n) is 11.8. The summed E-state index contributed by atoms with van der Waals surface area (Å²) >= 11 is 1.71. The topological polar surface area (TPSA) is 71.1 Å². The van der Waals surface area contributed by atoms with Gasteiger partial charge in [-0.1, -0.05) is 26.0 Å². The summed E-state index contributed by atoms with van der Waals surface area (Å²) in [6, 6.07) is 9.15. The van der Waals surface area contributed by atoms with Crippen LogP contribution in [0.1, 0.15) is 51.1 Å². The zero-order valence-electron chi connectivity index (χ0n) is 21.1. The van der Waals surface area contributed by atoms with Crippen LogP contribution in [-0.4, -0.2) is 60.6 Å². The van der Waals surface area contributed by atoms with Crippen molar-refractivity contribution in [1.82, 2.24) is 15.1 Å². The number of hydrogen-bond donors (Lipinski definition) is 1. The minimum atomic E-state index is -0.378. The lowest BCUT2D eigenvalue weighted by Gasteiger charge is -2.37. The maximum atomic E-state index is 13.6. The van der Waals surface area contributed by atoms with Crippen LogP contribution in [0.4, 0.5) is 4.79 Å². The second-order valence-corrected chi connectivity index (χ2v) is 11.1. The molecule has 0 unspecified atom stereocenters. The predicted molar refractivity (Wildman–Crippen MR) is 136 cm³/mol. The van der Waals surface area contributed by atoms with Gasteiger partial charge in [0.15, 0.2) is 11.5 Å². The molecule has 2 aromatic rings. The van der Waals surface area contributed by atoms with Crippen LogP contribution in [-0.2, 0) is 11.2 Å². The number of amides is 3. The third kappa shape index (κ3) is 6.65. The first kappa shape index (κ1) is 25.9. The molecule has 3 rings (SSSR count). The predicted octanol–water partition coefficient (Wildman–Crippen LogP) is 4.73. The van der Waals surface area contributed by atoms with Gasteiger partial charge in [0.1, 0.15) is 13.2 Å². The standard InChI is InChI=1S/C26H37N3O4S/c1-18(2)15-28(25(31)27-26(3,4)5)16-24(30)29-13-11-23-19(12-14-34-23)20(29)17-33-22-10-8-7-9-21(22)32-6/h7-10,12,14,18,20H,11,13,15-17H2,1-6H3,(H,27,31)/t20-/m0/s1. The zero-order valence-corrected chi connectivity index (χ0v) is 21.9. The van der Waals surface area contributed by atoms with Crippen LogP contribution >= 0.6 is 11.3 Å². The normalized spacial score (nSPS) is 15.6.